The number of nitrogens with one attached hydrogen (secondary N) is 2. The van der Waals surface area contributed by atoms with Crippen LogP contribution < -0.4 is 10.6 Å². The molecule has 2 rings (SSSR count). The first-order valence-corrected chi connectivity index (χ1v) is 7.23. The summed E-state index contributed by atoms with van der Waals surface area (Å²) < 4.78 is 0. The van der Waals surface area contributed by atoms with Gasteiger partial charge < -0.3 is 10.6 Å². The zero-order chi connectivity index (χ0) is 13.5. The van der Waals surface area contributed by atoms with Crippen molar-refractivity contribution in [3.8, 4) is 0 Å². The quantitative estimate of drug-likeness (QED) is 0.508. The Morgan fingerprint density at radius 2 is 2.16 bits per heavy atom. The van der Waals surface area contributed by atoms with Gasteiger partial charge in [-0.25, -0.2) is 4.98 Å². The maximum absolute atomic E-state index is 5.76. The average molecular weight is 281 g/mol. The Hall–Kier alpha value is -1.29. The maximum Gasteiger partial charge on any atom is 0.191 e. The van der Waals surface area contributed by atoms with Gasteiger partial charge in [-0.3, -0.25) is 4.99 Å². The number of hydrogen-bond donors (Lipinski definition) is 2. The molecule has 0 aliphatic heterocycles. The van der Waals surface area contributed by atoms with Crippen molar-refractivity contribution in [2.75, 3.05) is 7.05 Å². The fourth-order valence-corrected chi connectivity index (χ4v) is 2.44. The molecule has 5 heteroatoms. The zero-order valence-corrected chi connectivity index (χ0v) is 12.1. The predicted octanol–water partition coefficient (Wildman–Crippen LogP) is 2.73. The van der Waals surface area contributed by atoms with E-state index in [1.54, 1.807) is 19.3 Å². The normalized spacial score (nSPS) is 17.3. The molecule has 4 nitrogen and oxygen atoms in total. The molecule has 2 N–H and O–H groups in total. The molecule has 104 valence electrons. The van der Waals surface area contributed by atoms with E-state index in [2.05, 4.69) is 20.6 Å². The second-order valence-electron chi connectivity index (χ2n) is 4.89. The first kappa shape index (κ1) is 14.1. The van der Waals surface area contributed by atoms with Gasteiger partial charge in [-0.15, -0.1) is 0 Å². The van der Waals surface area contributed by atoms with E-state index in [4.69, 9.17) is 11.6 Å². The monoisotopic (exact) mass is 280 g/mol. The zero-order valence-electron chi connectivity index (χ0n) is 11.3. The van der Waals surface area contributed by atoms with Crippen LogP contribution in [0.2, 0.25) is 5.15 Å². The van der Waals surface area contributed by atoms with E-state index in [1.807, 2.05) is 6.07 Å². The molecule has 19 heavy (non-hydrogen) atoms. The van der Waals surface area contributed by atoms with Crippen molar-refractivity contribution in [1.29, 1.82) is 0 Å². The Morgan fingerprint density at radius 1 is 1.37 bits per heavy atom. The molecule has 1 fully saturated rings. The van der Waals surface area contributed by atoms with E-state index in [0.717, 1.165) is 11.5 Å². The Bertz CT molecular complexity index is 410. The lowest BCUT2D eigenvalue weighted by molar-refractivity contribution is 0.410. The van der Waals surface area contributed by atoms with Gasteiger partial charge in [0.1, 0.15) is 5.15 Å². The van der Waals surface area contributed by atoms with Gasteiger partial charge in [0.2, 0.25) is 0 Å². The first-order valence-electron chi connectivity index (χ1n) is 6.85. The smallest absolute Gasteiger partial charge is 0.191 e. The van der Waals surface area contributed by atoms with Crippen LogP contribution in [0.25, 0.3) is 0 Å². The van der Waals surface area contributed by atoms with Crippen molar-refractivity contribution < 1.29 is 0 Å². The molecule has 0 bridgehead atoms. The van der Waals surface area contributed by atoms with Crippen molar-refractivity contribution in [2.24, 2.45) is 4.99 Å². The van der Waals surface area contributed by atoms with Gasteiger partial charge >= 0.3 is 0 Å². The highest BCUT2D eigenvalue weighted by molar-refractivity contribution is 6.29. The summed E-state index contributed by atoms with van der Waals surface area (Å²) in [5.41, 5.74) is 1.09. The van der Waals surface area contributed by atoms with E-state index in [0.29, 0.717) is 17.7 Å². The third-order valence-corrected chi connectivity index (χ3v) is 3.64. The van der Waals surface area contributed by atoms with Gasteiger partial charge in [0, 0.05) is 25.8 Å². The van der Waals surface area contributed by atoms with E-state index < -0.39 is 0 Å². The van der Waals surface area contributed by atoms with E-state index in [9.17, 15) is 0 Å². The number of rotatable bonds is 3. The van der Waals surface area contributed by atoms with E-state index in [1.165, 1.54) is 32.1 Å². The van der Waals surface area contributed by atoms with Crippen LogP contribution in [0.1, 0.15) is 37.7 Å². The molecule has 1 aromatic rings. The third-order valence-electron chi connectivity index (χ3n) is 3.42. The average Bonchev–Trinajstić information content (AvgIpc) is 2.46. The summed E-state index contributed by atoms with van der Waals surface area (Å²) >= 11 is 5.76. The minimum Gasteiger partial charge on any atom is -0.354 e. The van der Waals surface area contributed by atoms with Gasteiger partial charge in [-0.05, 0) is 24.5 Å². The summed E-state index contributed by atoms with van der Waals surface area (Å²) in [6, 6.07) is 4.33. The minimum absolute atomic E-state index is 0.522. The molecule has 0 radical (unpaired) electrons. The van der Waals surface area contributed by atoms with Crippen LogP contribution >= 0.6 is 11.6 Å². The van der Waals surface area contributed by atoms with E-state index in [-0.39, 0.29) is 0 Å². The van der Waals surface area contributed by atoms with Crippen LogP contribution in [0.5, 0.6) is 0 Å². The Labute approximate surface area is 119 Å². The molecule has 0 unspecified atom stereocenters. The molecule has 0 atom stereocenters. The standard InChI is InChI=1S/C14H21ClN4/c1-16-14(19-12-5-3-2-4-6-12)18-10-11-7-8-13(15)17-9-11/h7-9,12H,2-6,10H2,1H3,(H2,16,18,19). The topological polar surface area (TPSA) is 49.3 Å². The number of pyridine rings is 1. The lowest BCUT2D eigenvalue weighted by Gasteiger charge is -2.24. The molecule has 1 aliphatic carbocycles. The lowest BCUT2D eigenvalue weighted by Crippen LogP contribution is -2.43. The molecular formula is C14H21ClN4. The summed E-state index contributed by atoms with van der Waals surface area (Å²) in [6.45, 7) is 0.705. The number of guanidine groups is 1. The summed E-state index contributed by atoms with van der Waals surface area (Å²) in [6.07, 6.45) is 8.25. The van der Waals surface area contributed by atoms with Crippen LogP contribution in [-0.2, 0) is 6.54 Å². The minimum atomic E-state index is 0.522. The first-order chi connectivity index (χ1) is 9.28. The van der Waals surface area contributed by atoms with Crippen LogP contribution in [0.4, 0.5) is 0 Å². The third kappa shape index (κ3) is 4.71. The molecule has 1 heterocycles. The van der Waals surface area contributed by atoms with Crippen molar-refractivity contribution in [3.63, 3.8) is 0 Å². The molecule has 0 saturated heterocycles. The van der Waals surface area contributed by atoms with Crippen molar-refractivity contribution in [1.82, 2.24) is 15.6 Å². The molecule has 1 aliphatic rings. The molecule has 1 aromatic heterocycles. The Kier molecular flexibility index (Phi) is 5.45. The SMILES string of the molecule is CN=C(NCc1ccc(Cl)nc1)NC1CCCCC1. The number of hydrogen-bond acceptors (Lipinski definition) is 2. The fraction of sp³-hybridized carbons (Fsp3) is 0.571. The Balaban J connectivity index is 1.80. The van der Waals surface area contributed by atoms with Crippen molar-refractivity contribution in [2.45, 2.75) is 44.7 Å². The van der Waals surface area contributed by atoms with Crippen LogP contribution in [0.3, 0.4) is 0 Å². The van der Waals surface area contributed by atoms with Crippen molar-refractivity contribution >= 4 is 17.6 Å². The van der Waals surface area contributed by atoms with E-state index >= 15 is 0 Å². The highest BCUT2D eigenvalue weighted by atomic mass is 35.5. The maximum atomic E-state index is 5.76. The molecule has 0 spiro atoms. The predicted molar refractivity (Wildman–Crippen MR) is 79.5 cm³/mol. The molecular weight excluding hydrogens is 260 g/mol. The largest absolute Gasteiger partial charge is 0.354 e. The number of halogens is 1. The fourth-order valence-electron chi connectivity index (χ4n) is 2.33. The second-order valence-corrected chi connectivity index (χ2v) is 5.28. The summed E-state index contributed by atoms with van der Waals surface area (Å²) in [4.78, 5) is 8.33. The van der Waals surface area contributed by atoms with Gasteiger partial charge in [0.25, 0.3) is 0 Å². The molecule has 0 aromatic carbocycles. The van der Waals surface area contributed by atoms with Gasteiger partial charge in [-0.1, -0.05) is 36.9 Å². The van der Waals surface area contributed by atoms with Gasteiger partial charge in [0.05, 0.1) is 0 Å². The van der Waals surface area contributed by atoms with Gasteiger partial charge in [0.15, 0.2) is 5.96 Å². The Morgan fingerprint density at radius 3 is 2.79 bits per heavy atom. The van der Waals surface area contributed by atoms with Gasteiger partial charge in [-0.2, -0.15) is 0 Å². The molecule has 1 saturated carbocycles. The summed E-state index contributed by atoms with van der Waals surface area (Å²) in [5.74, 6) is 0.863. The van der Waals surface area contributed by atoms with Crippen LogP contribution in [-0.4, -0.2) is 24.0 Å². The van der Waals surface area contributed by atoms with Crippen LogP contribution in [0.15, 0.2) is 23.3 Å². The summed E-state index contributed by atoms with van der Waals surface area (Å²) in [5, 5.41) is 7.31. The highest BCUT2D eigenvalue weighted by Gasteiger charge is 2.14. The second kappa shape index (κ2) is 7.34. The number of aromatic nitrogens is 1. The number of aliphatic imine (C=N–C) groups is 1. The van der Waals surface area contributed by atoms with Crippen LogP contribution in [0, 0.1) is 0 Å². The summed E-state index contributed by atoms with van der Waals surface area (Å²) in [7, 11) is 1.80. The lowest BCUT2D eigenvalue weighted by atomic mass is 9.96. The number of nitrogens with zero attached hydrogens (tertiary/aromatic N) is 2. The highest BCUT2D eigenvalue weighted by Crippen LogP contribution is 2.17. The molecule has 0 amide bonds. The van der Waals surface area contributed by atoms with Crippen molar-refractivity contribution in [3.05, 3.63) is 29.0 Å².